The standard InChI is InChI=1S/C20H17BrO2/c1-14-11-17(16-9-5-6-10-19(16)22)20(18(21)12-14)23-13-15-7-3-2-4-8-15/h2-12,22H,13H2,1H3. The topological polar surface area (TPSA) is 29.5 Å². The largest absolute Gasteiger partial charge is 0.507 e. The number of hydrogen-bond acceptors (Lipinski definition) is 2. The van der Waals surface area contributed by atoms with Crippen molar-refractivity contribution in [2.45, 2.75) is 13.5 Å². The smallest absolute Gasteiger partial charge is 0.141 e. The van der Waals surface area contributed by atoms with E-state index >= 15 is 0 Å². The molecule has 3 aromatic carbocycles. The average Bonchev–Trinajstić information content (AvgIpc) is 2.55. The fourth-order valence-electron chi connectivity index (χ4n) is 2.51. The first-order chi connectivity index (χ1) is 11.1. The molecule has 23 heavy (non-hydrogen) atoms. The van der Waals surface area contributed by atoms with E-state index in [-0.39, 0.29) is 5.75 Å². The predicted octanol–water partition coefficient (Wildman–Crippen LogP) is 5.71. The number of phenols is 1. The van der Waals surface area contributed by atoms with Crippen molar-refractivity contribution in [3.63, 3.8) is 0 Å². The molecule has 0 bridgehead atoms. The van der Waals surface area contributed by atoms with Crippen molar-refractivity contribution in [1.29, 1.82) is 0 Å². The van der Waals surface area contributed by atoms with Crippen LogP contribution in [0.15, 0.2) is 71.2 Å². The van der Waals surface area contributed by atoms with Gasteiger partial charge >= 0.3 is 0 Å². The van der Waals surface area contributed by atoms with Gasteiger partial charge in [0.25, 0.3) is 0 Å². The zero-order chi connectivity index (χ0) is 16.2. The highest BCUT2D eigenvalue weighted by Crippen LogP contribution is 2.41. The second-order valence-corrected chi connectivity index (χ2v) is 6.27. The van der Waals surface area contributed by atoms with Gasteiger partial charge < -0.3 is 9.84 Å². The molecule has 0 heterocycles. The number of rotatable bonds is 4. The third-order valence-electron chi connectivity index (χ3n) is 3.61. The number of phenolic OH excluding ortho intramolecular Hbond substituents is 1. The Hall–Kier alpha value is -2.26. The maximum atomic E-state index is 10.2. The molecule has 1 N–H and O–H groups in total. The number of hydrogen-bond donors (Lipinski definition) is 1. The van der Waals surface area contributed by atoms with Gasteiger partial charge in [0.1, 0.15) is 18.1 Å². The van der Waals surface area contributed by atoms with E-state index in [9.17, 15) is 5.11 Å². The van der Waals surface area contributed by atoms with Crippen molar-refractivity contribution in [2.24, 2.45) is 0 Å². The molecule has 2 nitrogen and oxygen atoms in total. The van der Waals surface area contributed by atoms with Gasteiger partial charge in [-0.2, -0.15) is 0 Å². The molecule has 116 valence electrons. The Morgan fingerprint density at radius 2 is 1.61 bits per heavy atom. The molecule has 0 fully saturated rings. The van der Waals surface area contributed by atoms with Crippen molar-refractivity contribution < 1.29 is 9.84 Å². The lowest BCUT2D eigenvalue weighted by Gasteiger charge is -2.15. The van der Waals surface area contributed by atoms with Gasteiger partial charge in [-0.05, 0) is 52.2 Å². The van der Waals surface area contributed by atoms with Gasteiger partial charge in [-0.3, -0.25) is 0 Å². The maximum absolute atomic E-state index is 10.2. The van der Waals surface area contributed by atoms with Crippen molar-refractivity contribution in [1.82, 2.24) is 0 Å². The van der Waals surface area contributed by atoms with Crippen LogP contribution in [-0.4, -0.2) is 5.11 Å². The molecule has 0 saturated carbocycles. The van der Waals surface area contributed by atoms with E-state index in [2.05, 4.69) is 15.9 Å². The number of para-hydroxylation sites is 1. The summed E-state index contributed by atoms with van der Waals surface area (Å²) in [4.78, 5) is 0. The highest BCUT2D eigenvalue weighted by Gasteiger charge is 2.14. The van der Waals surface area contributed by atoms with Gasteiger partial charge in [0.05, 0.1) is 4.47 Å². The number of halogens is 1. The van der Waals surface area contributed by atoms with Gasteiger partial charge in [-0.25, -0.2) is 0 Å². The van der Waals surface area contributed by atoms with Crippen LogP contribution in [0.3, 0.4) is 0 Å². The Morgan fingerprint density at radius 3 is 2.35 bits per heavy atom. The Morgan fingerprint density at radius 1 is 0.913 bits per heavy atom. The molecule has 0 aliphatic rings. The van der Waals surface area contributed by atoms with Crippen molar-refractivity contribution >= 4 is 15.9 Å². The lowest BCUT2D eigenvalue weighted by atomic mass is 10.0. The van der Waals surface area contributed by atoms with E-state index in [1.165, 1.54) is 0 Å². The summed E-state index contributed by atoms with van der Waals surface area (Å²) in [6, 6.07) is 21.4. The molecule has 0 radical (unpaired) electrons. The molecule has 0 saturated heterocycles. The minimum Gasteiger partial charge on any atom is -0.507 e. The van der Waals surface area contributed by atoms with Crippen LogP contribution in [0, 0.1) is 6.92 Å². The van der Waals surface area contributed by atoms with Crippen LogP contribution in [-0.2, 0) is 6.61 Å². The maximum Gasteiger partial charge on any atom is 0.141 e. The predicted molar refractivity (Wildman–Crippen MR) is 96.8 cm³/mol. The molecule has 0 aliphatic carbocycles. The van der Waals surface area contributed by atoms with Crippen LogP contribution in [0.4, 0.5) is 0 Å². The normalized spacial score (nSPS) is 10.5. The number of aryl methyl sites for hydroxylation is 1. The van der Waals surface area contributed by atoms with Crippen LogP contribution in [0.2, 0.25) is 0 Å². The van der Waals surface area contributed by atoms with Crippen LogP contribution >= 0.6 is 15.9 Å². The first kappa shape index (κ1) is 15.6. The fraction of sp³-hybridized carbons (Fsp3) is 0.100. The summed E-state index contributed by atoms with van der Waals surface area (Å²) in [6.07, 6.45) is 0. The van der Waals surface area contributed by atoms with Gasteiger partial charge in [0.2, 0.25) is 0 Å². The fourth-order valence-corrected chi connectivity index (χ4v) is 3.20. The minimum atomic E-state index is 0.245. The van der Waals surface area contributed by atoms with E-state index in [0.717, 1.165) is 32.5 Å². The molecule has 0 unspecified atom stereocenters. The van der Waals surface area contributed by atoms with Crippen LogP contribution in [0.5, 0.6) is 11.5 Å². The average molecular weight is 369 g/mol. The molecule has 0 aliphatic heterocycles. The van der Waals surface area contributed by atoms with E-state index in [1.807, 2.05) is 67.6 Å². The van der Waals surface area contributed by atoms with Crippen molar-refractivity contribution in [3.8, 4) is 22.6 Å². The van der Waals surface area contributed by atoms with E-state index in [1.54, 1.807) is 6.07 Å². The molecule has 0 amide bonds. The van der Waals surface area contributed by atoms with E-state index in [0.29, 0.717) is 6.61 Å². The first-order valence-corrected chi connectivity index (χ1v) is 8.19. The lowest BCUT2D eigenvalue weighted by molar-refractivity contribution is 0.305. The summed E-state index contributed by atoms with van der Waals surface area (Å²) >= 11 is 3.59. The van der Waals surface area contributed by atoms with Crippen LogP contribution < -0.4 is 4.74 Å². The Kier molecular flexibility index (Phi) is 4.68. The minimum absolute atomic E-state index is 0.245. The summed E-state index contributed by atoms with van der Waals surface area (Å²) in [5.41, 5.74) is 3.84. The summed E-state index contributed by atoms with van der Waals surface area (Å²) in [5.74, 6) is 0.982. The molecule has 3 aromatic rings. The molecule has 0 atom stereocenters. The summed E-state index contributed by atoms with van der Waals surface area (Å²) in [5, 5.41) is 10.2. The Balaban J connectivity index is 2.01. The summed E-state index contributed by atoms with van der Waals surface area (Å²) in [6.45, 7) is 2.50. The third kappa shape index (κ3) is 3.57. The van der Waals surface area contributed by atoms with Gasteiger partial charge in [-0.15, -0.1) is 0 Å². The zero-order valence-corrected chi connectivity index (χ0v) is 14.4. The van der Waals surface area contributed by atoms with E-state index in [4.69, 9.17) is 4.74 Å². The first-order valence-electron chi connectivity index (χ1n) is 7.40. The van der Waals surface area contributed by atoms with Crippen molar-refractivity contribution in [2.75, 3.05) is 0 Å². The molecule has 0 spiro atoms. The van der Waals surface area contributed by atoms with Gasteiger partial charge in [-0.1, -0.05) is 48.5 Å². The summed E-state index contributed by atoms with van der Waals surface area (Å²) in [7, 11) is 0. The second kappa shape index (κ2) is 6.88. The SMILES string of the molecule is Cc1cc(Br)c(OCc2ccccc2)c(-c2ccccc2O)c1. The highest BCUT2D eigenvalue weighted by molar-refractivity contribution is 9.10. The van der Waals surface area contributed by atoms with Gasteiger partial charge in [0.15, 0.2) is 0 Å². The molecule has 0 aromatic heterocycles. The van der Waals surface area contributed by atoms with Crippen LogP contribution in [0.25, 0.3) is 11.1 Å². The molecular weight excluding hydrogens is 352 g/mol. The molecule has 3 rings (SSSR count). The van der Waals surface area contributed by atoms with Crippen molar-refractivity contribution in [3.05, 3.63) is 82.3 Å². The Bertz CT molecular complexity index is 813. The van der Waals surface area contributed by atoms with Crippen LogP contribution in [0.1, 0.15) is 11.1 Å². The number of aromatic hydroxyl groups is 1. The molecular formula is C20H17BrO2. The lowest BCUT2D eigenvalue weighted by Crippen LogP contribution is -1.98. The quantitative estimate of drug-likeness (QED) is 0.638. The van der Waals surface area contributed by atoms with E-state index < -0.39 is 0 Å². The number of ether oxygens (including phenoxy) is 1. The highest BCUT2D eigenvalue weighted by atomic mass is 79.9. The third-order valence-corrected chi connectivity index (χ3v) is 4.20. The second-order valence-electron chi connectivity index (χ2n) is 5.41. The Labute approximate surface area is 144 Å². The summed E-state index contributed by atoms with van der Waals surface area (Å²) < 4.78 is 6.94. The monoisotopic (exact) mass is 368 g/mol. The van der Waals surface area contributed by atoms with Gasteiger partial charge in [0, 0.05) is 11.1 Å². The molecule has 3 heteroatoms. The number of benzene rings is 3. The zero-order valence-electron chi connectivity index (χ0n) is 12.8.